The molecule has 26 heavy (non-hydrogen) atoms. The van der Waals surface area contributed by atoms with Gasteiger partial charge in [-0.25, -0.2) is 0 Å². The van der Waals surface area contributed by atoms with E-state index in [1.165, 1.54) is 5.56 Å². The van der Waals surface area contributed by atoms with E-state index in [0.717, 1.165) is 43.3 Å². The number of aromatic nitrogens is 4. The van der Waals surface area contributed by atoms with Gasteiger partial charge in [-0.1, -0.05) is 37.3 Å². The maximum Gasteiger partial charge on any atom is 0.270 e. The Bertz CT molecular complexity index is 896. The smallest absolute Gasteiger partial charge is 0.270 e. The van der Waals surface area contributed by atoms with Crippen LogP contribution in [-0.2, 0) is 32.5 Å². The van der Waals surface area contributed by atoms with Gasteiger partial charge in [0.05, 0.1) is 6.54 Å². The molecule has 3 heterocycles. The van der Waals surface area contributed by atoms with Crippen LogP contribution in [0.25, 0.3) is 0 Å². The van der Waals surface area contributed by atoms with Crippen molar-refractivity contribution in [3.63, 3.8) is 0 Å². The maximum atomic E-state index is 13.0. The third-order valence-corrected chi connectivity index (χ3v) is 4.97. The highest BCUT2D eigenvalue weighted by Gasteiger charge is 2.26. The summed E-state index contributed by atoms with van der Waals surface area (Å²) in [6.07, 6.45) is 3.76. The molecule has 3 aromatic rings. The number of carbonyl (C=O) groups is 1. The van der Waals surface area contributed by atoms with Crippen LogP contribution in [0.4, 0.5) is 0 Å². The van der Waals surface area contributed by atoms with Crippen LogP contribution >= 0.6 is 0 Å². The number of nitrogens with zero attached hydrogens (tertiary/aromatic N) is 5. The summed E-state index contributed by atoms with van der Waals surface area (Å²) in [6.45, 7) is 4.86. The van der Waals surface area contributed by atoms with Gasteiger partial charge in [0, 0.05) is 32.3 Å². The summed E-state index contributed by atoms with van der Waals surface area (Å²) in [4.78, 5) is 14.9. The van der Waals surface area contributed by atoms with E-state index in [4.69, 9.17) is 0 Å². The number of amides is 1. The third kappa shape index (κ3) is 3.14. The van der Waals surface area contributed by atoms with Crippen molar-refractivity contribution in [2.45, 2.75) is 39.4 Å². The van der Waals surface area contributed by atoms with Crippen LogP contribution in [0.15, 0.2) is 48.7 Å². The molecule has 4 rings (SSSR count). The summed E-state index contributed by atoms with van der Waals surface area (Å²) < 4.78 is 4.18. The summed E-state index contributed by atoms with van der Waals surface area (Å²) in [6, 6.07) is 14.2. The van der Waals surface area contributed by atoms with E-state index in [-0.39, 0.29) is 5.91 Å². The number of hydrogen-bond donors (Lipinski definition) is 0. The summed E-state index contributed by atoms with van der Waals surface area (Å²) in [5.74, 6) is 1.94. The molecule has 1 aromatic carbocycles. The number of fused-ring (bicyclic) bond motifs is 1. The highest BCUT2D eigenvalue weighted by atomic mass is 16.2. The number of hydrogen-bond acceptors (Lipinski definition) is 3. The van der Waals surface area contributed by atoms with Crippen molar-refractivity contribution >= 4 is 5.91 Å². The standard InChI is InChI=1S/C20H23N5O/c1-2-18-21-22-19-15-24(13-14-25(18)19)20(26)17-9-6-11-23(17)12-10-16-7-4-3-5-8-16/h3-9,11H,2,10,12-15H2,1H3. The molecule has 1 aliphatic rings. The molecule has 0 atom stereocenters. The van der Waals surface area contributed by atoms with Gasteiger partial charge in [-0.2, -0.15) is 0 Å². The third-order valence-electron chi connectivity index (χ3n) is 4.97. The first-order valence-electron chi connectivity index (χ1n) is 9.15. The first kappa shape index (κ1) is 16.6. The molecule has 0 saturated carbocycles. The lowest BCUT2D eigenvalue weighted by atomic mass is 10.1. The number of rotatable bonds is 5. The summed E-state index contributed by atoms with van der Waals surface area (Å²) in [5.41, 5.74) is 2.02. The molecule has 134 valence electrons. The second-order valence-electron chi connectivity index (χ2n) is 6.59. The Labute approximate surface area is 153 Å². The highest BCUT2D eigenvalue weighted by Crippen LogP contribution is 2.16. The van der Waals surface area contributed by atoms with Crippen molar-refractivity contribution in [2.75, 3.05) is 6.54 Å². The lowest BCUT2D eigenvalue weighted by Gasteiger charge is -2.28. The largest absolute Gasteiger partial charge is 0.343 e. The fraction of sp³-hybridized carbons (Fsp3) is 0.350. The number of carbonyl (C=O) groups excluding carboxylic acids is 1. The lowest BCUT2D eigenvalue weighted by molar-refractivity contribution is 0.0695. The van der Waals surface area contributed by atoms with Gasteiger partial charge >= 0.3 is 0 Å². The Balaban J connectivity index is 1.47. The quantitative estimate of drug-likeness (QED) is 0.711. The summed E-state index contributed by atoms with van der Waals surface area (Å²) in [5, 5.41) is 8.48. The first-order valence-corrected chi connectivity index (χ1v) is 9.15. The van der Waals surface area contributed by atoms with Gasteiger partial charge in [0.1, 0.15) is 11.5 Å². The molecular weight excluding hydrogens is 326 g/mol. The van der Waals surface area contributed by atoms with Crippen molar-refractivity contribution in [2.24, 2.45) is 0 Å². The maximum absolute atomic E-state index is 13.0. The molecule has 2 aromatic heterocycles. The van der Waals surface area contributed by atoms with Gasteiger partial charge in [0.15, 0.2) is 5.82 Å². The second-order valence-corrected chi connectivity index (χ2v) is 6.59. The van der Waals surface area contributed by atoms with E-state index in [1.54, 1.807) is 0 Å². The van der Waals surface area contributed by atoms with E-state index < -0.39 is 0 Å². The summed E-state index contributed by atoms with van der Waals surface area (Å²) >= 11 is 0. The van der Waals surface area contributed by atoms with Gasteiger partial charge in [0.25, 0.3) is 5.91 Å². The zero-order chi connectivity index (χ0) is 17.9. The van der Waals surface area contributed by atoms with Crippen LogP contribution < -0.4 is 0 Å². The minimum absolute atomic E-state index is 0.0651. The van der Waals surface area contributed by atoms with Crippen LogP contribution in [0.3, 0.4) is 0 Å². The van der Waals surface area contributed by atoms with Gasteiger partial charge in [-0.05, 0) is 24.1 Å². The van der Waals surface area contributed by atoms with E-state index in [1.807, 2.05) is 46.0 Å². The molecule has 0 N–H and O–H groups in total. The molecule has 0 unspecified atom stereocenters. The minimum atomic E-state index is 0.0651. The van der Waals surface area contributed by atoms with Crippen LogP contribution in [0.1, 0.15) is 34.6 Å². The predicted octanol–water partition coefficient (Wildman–Crippen LogP) is 2.54. The van der Waals surface area contributed by atoms with Crippen molar-refractivity contribution in [1.29, 1.82) is 0 Å². The van der Waals surface area contributed by atoms with Crippen LogP contribution in [0.5, 0.6) is 0 Å². The van der Waals surface area contributed by atoms with Gasteiger partial charge in [0.2, 0.25) is 0 Å². The molecule has 0 fully saturated rings. The van der Waals surface area contributed by atoms with Gasteiger partial charge < -0.3 is 14.0 Å². The fourth-order valence-corrected chi connectivity index (χ4v) is 3.51. The summed E-state index contributed by atoms with van der Waals surface area (Å²) in [7, 11) is 0. The van der Waals surface area contributed by atoms with Crippen LogP contribution in [0, 0.1) is 0 Å². The normalized spacial score (nSPS) is 13.7. The average molecular weight is 349 g/mol. The monoisotopic (exact) mass is 349 g/mol. The number of aryl methyl sites for hydroxylation is 3. The Morgan fingerprint density at radius 2 is 1.92 bits per heavy atom. The Morgan fingerprint density at radius 1 is 1.08 bits per heavy atom. The van der Waals surface area contributed by atoms with E-state index >= 15 is 0 Å². The molecular formula is C20H23N5O. The van der Waals surface area contributed by atoms with E-state index in [2.05, 4.69) is 33.8 Å². The van der Waals surface area contributed by atoms with Gasteiger partial charge in [-0.15, -0.1) is 10.2 Å². The highest BCUT2D eigenvalue weighted by molar-refractivity contribution is 5.92. The molecule has 6 nitrogen and oxygen atoms in total. The van der Waals surface area contributed by atoms with Crippen LogP contribution in [0.2, 0.25) is 0 Å². The Kier molecular flexibility index (Phi) is 4.56. The first-order chi connectivity index (χ1) is 12.8. The molecule has 1 aliphatic heterocycles. The fourth-order valence-electron chi connectivity index (χ4n) is 3.51. The van der Waals surface area contributed by atoms with E-state index in [9.17, 15) is 4.79 Å². The van der Waals surface area contributed by atoms with Crippen molar-refractivity contribution in [3.8, 4) is 0 Å². The van der Waals surface area contributed by atoms with Crippen molar-refractivity contribution in [3.05, 3.63) is 71.6 Å². The van der Waals surface area contributed by atoms with Gasteiger partial charge in [-0.3, -0.25) is 4.79 Å². The molecule has 0 spiro atoms. The predicted molar refractivity (Wildman–Crippen MR) is 98.7 cm³/mol. The molecule has 6 heteroatoms. The molecule has 0 aliphatic carbocycles. The number of benzene rings is 1. The molecule has 0 saturated heterocycles. The van der Waals surface area contributed by atoms with Crippen LogP contribution in [-0.4, -0.2) is 36.7 Å². The topological polar surface area (TPSA) is 56.0 Å². The zero-order valence-electron chi connectivity index (χ0n) is 15.0. The second kappa shape index (κ2) is 7.15. The van der Waals surface area contributed by atoms with Crippen molar-refractivity contribution in [1.82, 2.24) is 24.2 Å². The minimum Gasteiger partial charge on any atom is -0.343 e. The van der Waals surface area contributed by atoms with Crippen molar-refractivity contribution < 1.29 is 4.79 Å². The Hall–Kier alpha value is -2.89. The average Bonchev–Trinajstić information content (AvgIpc) is 3.32. The zero-order valence-corrected chi connectivity index (χ0v) is 15.0. The molecule has 0 bridgehead atoms. The lowest BCUT2D eigenvalue weighted by Crippen LogP contribution is -2.39. The SMILES string of the molecule is CCc1nnc2n1CCN(C(=O)c1cccn1CCc1ccccc1)C2. The van der Waals surface area contributed by atoms with E-state index in [0.29, 0.717) is 13.1 Å². The molecule has 1 amide bonds. The molecule has 0 radical (unpaired) electrons. The Morgan fingerprint density at radius 3 is 2.73 bits per heavy atom.